The lowest BCUT2D eigenvalue weighted by molar-refractivity contribution is -0.144. The summed E-state index contributed by atoms with van der Waals surface area (Å²) in [6, 6.07) is 18.5. The molecule has 4 amide bonds. The third-order valence-corrected chi connectivity index (χ3v) is 8.49. The molecule has 3 atom stereocenters. The van der Waals surface area contributed by atoms with Gasteiger partial charge < -0.3 is 18.9 Å². The van der Waals surface area contributed by atoms with Crippen LogP contribution in [0.1, 0.15) is 23.6 Å². The van der Waals surface area contributed by atoms with Crippen LogP contribution < -0.4 is 25.2 Å². The Balaban J connectivity index is 1.39. The number of imide groups is 2. The maximum Gasteiger partial charge on any atom is 0.335 e. The highest BCUT2D eigenvalue weighted by Gasteiger charge is 2.56. The van der Waals surface area contributed by atoms with Crippen LogP contribution in [-0.2, 0) is 22.6 Å². The lowest BCUT2D eigenvalue weighted by Gasteiger charge is -2.47. The van der Waals surface area contributed by atoms with Crippen LogP contribution in [0.3, 0.4) is 0 Å². The van der Waals surface area contributed by atoms with E-state index in [0.717, 1.165) is 17.0 Å². The number of hydrogen-bond donors (Lipinski definition) is 1. The SMILES string of the molecule is COc1ccc(C[C@@]2(CN3C[C@H]4C[C@@H](C3)c3cccc(=O)n3C4)C(=O)NC(=O)N(c3ccccc3)C2=O)cc1OC. The number of urea groups is 1. The number of benzene rings is 2. The molecule has 0 radical (unpaired) electrons. The molecular formula is C31H32N4O6. The zero-order valence-corrected chi connectivity index (χ0v) is 23.0. The molecule has 1 N–H and O–H groups in total. The molecule has 0 unspecified atom stereocenters. The van der Waals surface area contributed by atoms with E-state index in [0.29, 0.717) is 42.4 Å². The quantitative estimate of drug-likeness (QED) is 0.446. The number of nitrogens with zero attached hydrogens (tertiary/aromatic N) is 3. The van der Waals surface area contributed by atoms with Crippen LogP contribution in [0, 0.1) is 11.3 Å². The van der Waals surface area contributed by atoms with Gasteiger partial charge in [0.15, 0.2) is 11.5 Å². The summed E-state index contributed by atoms with van der Waals surface area (Å²) in [5, 5.41) is 2.48. The van der Waals surface area contributed by atoms with Crippen LogP contribution in [0.5, 0.6) is 11.5 Å². The van der Waals surface area contributed by atoms with E-state index < -0.39 is 23.3 Å². The predicted octanol–water partition coefficient (Wildman–Crippen LogP) is 2.80. The number of likely N-dealkylation sites (tertiary alicyclic amines) is 1. The number of barbiturate groups is 1. The Morgan fingerprint density at radius 3 is 2.41 bits per heavy atom. The molecule has 10 heteroatoms. The minimum absolute atomic E-state index is 0.00516. The van der Waals surface area contributed by atoms with Crippen molar-refractivity contribution in [3.8, 4) is 11.5 Å². The summed E-state index contributed by atoms with van der Waals surface area (Å²) in [4.78, 5) is 57.1. The monoisotopic (exact) mass is 556 g/mol. The summed E-state index contributed by atoms with van der Waals surface area (Å²) in [6.07, 6.45) is 0.994. The van der Waals surface area contributed by atoms with E-state index in [9.17, 15) is 19.2 Å². The van der Waals surface area contributed by atoms with Gasteiger partial charge in [-0.1, -0.05) is 30.3 Å². The number of pyridine rings is 1. The molecule has 2 fully saturated rings. The van der Waals surface area contributed by atoms with Gasteiger partial charge in [-0.2, -0.15) is 0 Å². The highest BCUT2D eigenvalue weighted by Crippen LogP contribution is 2.40. The number of amides is 4. The summed E-state index contributed by atoms with van der Waals surface area (Å²) < 4.78 is 12.7. The molecule has 0 aliphatic carbocycles. The van der Waals surface area contributed by atoms with Crippen molar-refractivity contribution in [2.75, 3.05) is 38.8 Å². The number of rotatable bonds is 7. The standard InChI is InChI=1S/C31H32N4O6/c1-40-25-12-11-20(14-26(25)41-2)15-31(28(37)32-30(39)35(29(31)38)23-7-4-3-5-8-23)19-33-16-21-13-22(18-33)24-9-6-10-27(36)34(24)17-21/h3-12,14,21-22H,13,15-19H2,1-2H3,(H,32,37,39)/t21-,22+,31-/m1/s1. The van der Waals surface area contributed by atoms with Crippen molar-refractivity contribution in [1.29, 1.82) is 0 Å². The second-order valence-electron chi connectivity index (χ2n) is 11.1. The largest absolute Gasteiger partial charge is 0.493 e. The molecule has 3 aromatic rings. The Kier molecular flexibility index (Phi) is 6.86. The molecule has 0 spiro atoms. The molecule has 2 aromatic carbocycles. The van der Waals surface area contributed by atoms with E-state index in [4.69, 9.17) is 9.47 Å². The van der Waals surface area contributed by atoms with E-state index in [1.54, 1.807) is 67.8 Å². The number of anilines is 1. The van der Waals surface area contributed by atoms with Crippen molar-refractivity contribution in [2.45, 2.75) is 25.3 Å². The highest BCUT2D eigenvalue weighted by molar-refractivity contribution is 6.30. The Bertz CT molecular complexity index is 1570. The van der Waals surface area contributed by atoms with Crippen LogP contribution >= 0.6 is 0 Å². The van der Waals surface area contributed by atoms with Crippen LogP contribution in [0.15, 0.2) is 71.5 Å². The first kappa shape index (κ1) is 26.8. The van der Waals surface area contributed by atoms with Crippen molar-refractivity contribution in [1.82, 2.24) is 14.8 Å². The van der Waals surface area contributed by atoms with Crippen LogP contribution in [0.4, 0.5) is 10.5 Å². The molecule has 6 rings (SSSR count). The van der Waals surface area contributed by atoms with Gasteiger partial charge in [-0.25, -0.2) is 9.69 Å². The predicted molar refractivity (Wildman–Crippen MR) is 151 cm³/mol. The summed E-state index contributed by atoms with van der Waals surface area (Å²) in [6.45, 7) is 1.93. The fourth-order valence-corrected chi connectivity index (χ4v) is 6.68. The molecule has 41 heavy (non-hydrogen) atoms. The van der Waals surface area contributed by atoms with E-state index in [1.807, 2.05) is 10.6 Å². The number of piperidine rings is 1. The maximum absolute atomic E-state index is 14.4. The molecule has 3 aliphatic rings. The Labute approximate surface area is 237 Å². The number of methoxy groups -OCH3 is 2. The van der Waals surface area contributed by atoms with Crippen LogP contribution in [-0.4, -0.2) is 61.2 Å². The van der Waals surface area contributed by atoms with Gasteiger partial charge in [-0.15, -0.1) is 0 Å². The Morgan fingerprint density at radius 2 is 1.66 bits per heavy atom. The molecule has 2 saturated heterocycles. The molecule has 3 aliphatic heterocycles. The van der Waals surface area contributed by atoms with Crippen LogP contribution in [0.2, 0.25) is 0 Å². The van der Waals surface area contributed by atoms with Crippen LogP contribution in [0.25, 0.3) is 0 Å². The average molecular weight is 557 g/mol. The zero-order valence-electron chi connectivity index (χ0n) is 23.0. The molecule has 0 saturated carbocycles. The molecule has 1 aromatic heterocycles. The van der Waals surface area contributed by atoms with Crippen molar-refractivity contribution in [3.05, 3.63) is 88.3 Å². The summed E-state index contributed by atoms with van der Waals surface area (Å²) in [5.41, 5.74) is 0.471. The Morgan fingerprint density at radius 1 is 0.878 bits per heavy atom. The van der Waals surface area contributed by atoms with E-state index >= 15 is 0 Å². The van der Waals surface area contributed by atoms with Gasteiger partial charge in [0, 0.05) is 43.9 Å². The van der Waals surface area contributed by atoms with Gasteiger partial charge in [0.2, 0.25) is 5.91 Å². The van der Waals surface area contributed by atoms with Gasteiger partial charge >= 0.3 is 6.03 Å². The molecular weight excluding hydrogens is 524 g/mol. The number of carbonyl (C=O) groups excluding carboxylic acids is 3. The third kappa shape index (κ3) is 4.67. The maximum atomic E-state index is 14.4. The number of nitrogens with one attached hydrogen (secondary N) is 1. The first-order valence-corrected chi connectivity index (χ1v) is 13.7. The number of para-hydroxylation sites is 1. The summed E-state index contributed by atoms with van der Waals surface area (Å²) in [7, 11) is 3.07. The van der Waals surface area contributed by atoms with E-state index in [-0.39, 0.29) is 30.4 Å². The lowest BCUT2D eigenvalue weighted by Crippen LogP contribution is -2.68. The van der Waals surface area contributed by atoms with Gasteiger partial charge in [0.1, 0.15) is 5.41 Å². The van der Waals surface area contributed by atoms with Gasteiger partial charge in [0.05, 0.1) is 19.9 Å². The minimum Gasteiger partial charge on any atom is -0.493 e. The van der Waals surface area contributed by atoms with Gasteiger partial charge in [-0.05, 0) is 54.7 Å². The fourth-order valence-electron chi connectivity index (χ4n) is 6.68. The van der Waals surface area contributed by atoms with Crippen molar-refractivity contribution < 1.29 is 23.9 Å². The minimum atomic E-state index is -1.59. The molecule has 4 heterocycles. The Hall–Kier alpha value is -4.44. The zero-order chi connectivity index (χ0) is 28.7. The van der Waals surface area contributed by atoms with E-state index in [1.165, 1.54) is 7.11 Å². The third-order valence-electron chi connectivity index (χ3n) is 8.49. The second kappa shape index (κ2) is 10.5. The highest BCUT2D eigenvalue weighted by atomic mass is 16.5. The lowest BCUT2D eigenvalue weighted by atomic mass is 9.75. The van der Waals surface area contributed by atoms with Crippen molar-refractivity contribution in [3.63, 3.8) is 0 Å². The van der Waals surface area contributed by atoms with Crippen molar-refractivity contribution in [2.24, 2.45) is 11.3 Å². The van der Waals surface area contributed by atoms with E-state index in [2.05, 4.69) is 10.2 Å². The van der Waals surface area contributed by atoms with Gasteiger partial charge in [-0.3, -0.25) is 19.7 Å². The second-order valence-corrected chi connectivity index (χ2v) is 11.1. The topological polar surface area (TPSA) is 110 Å². The number of fused-ring (bicyclic) bond motifs is 4. The molecule has 10 nitrogen and oxygen atoms in total. The number of aromatic nitrogens is 1. The number of hydrogen-bond acceptors (Lipinski definition) is 7. The normalized spacial score (nSPS) is 24.0. The fraction of sp³-hybridized carbons (Fsp3) is 0.355. The summed E-state index contributed by atoms with van der Waals surface area (Å²) in [5.74, 6) is 0.121. The average Bonchev–Trinajstić information content (AvgIpc) is 2.97. The molecule has 2 bridgehead atoms. The first-order valence-electron chi connectivity index (χ1n) is 13.7. The first-order chi connectivity index (χ1) is 19.8. The summed E-state index contributed by atoms with van der Waals surface area (Å²) >= 11 is 0. The number of ether oxygens (including phenoxy) is 2. The van der Waals surface area contributed by atoms with Crippen molar-refractivity contribution >= 4 is 23.5 Å². The molecule has 212 valence electrons. The van der Waals surface area contributed by atoms with Gasteiger partial charge in [0.25, 0.3) is 11.5 Å². The number of carbonyl (C=O) groups is 3. The smallest absolute Gasteiger partial charge is 0.335 e.